The van der Waals surface area contributed by atoms with Gasteiger partial charge < -0.3 is 14.6 Å². The molecule has 0 fully saturated rings. The first-order valence-corrected chi connectivity index (χ1v) is 6.65. The van der Waals surface area contributed by atoms with Crippen molar-refractivity contribution in [1.29, 1.82) is 0 Å². The molecule has 0 radical (unpaired) electrons. The van der Waals surface area contributed by atoms with Gasteiger partial charge in [0.05, 0.1) is 5.39 Å². The minimum atomic E-state index is -0.159. The normalized spacial score (nSPS) is 10.9. The number of phenols is 2. The molecule has 4 nitrogen and oxygen atoms in total. The molecule has 2 N–H and O–H groups in total. The zero-order valence-corrected chi connectivity index (χ0v) is 11.2. The van der Waals surface area contributed by atoms with Gasteiger partial charge in [0.15, 0.2) is 5.43 Å². The Labute approximate surface area is 120 Å². The predicted octanol–water partition coefficient (Wildman–Crippen LogP) is 2.99. The summed E-state index contributed by atoms with van der Waals surface area (Å²) in [6.45, 7) is 0. The lowest BCUT2D eigenvalue weighted by Crippen LogP contribution is -2.03. The number of hydrogen-bond acceptors (Lipinski definition) is 4. The smallest absolute Gasteiger partial charge is 0.193 e. The summed E-state index contributed by atoms with van der Waals surface area (Å²) < 4.78 is 5.68. The fraction of sp³-hybridized carbons (Fsp3) is 0.118. The molecule has 0 saturated heterocycles. The molecule has 0 spiro atoms. The monoisotopic (exact) mass is 282 g/mol. The first-order valence-electron chi connectivity index (χ1n) is 6.65. The van der Waals surface area contributed by atoms with Gasteiger partial charge in [-0.05, 0) is 42.3 Å². The second-order valence-corrected chi connectivity index (χ2v) is 4.92. The Balaban J connectivity index is 1.86. The lowest BCUT2D eigenvalue weighted by molar-refractivity contribution is 0.474. The Kier molecular flexibility index (Phi) is 3.36. The van der Waals surface area contributed by atoms with Gasteiger partial charge in [-0.1, -0.05) is 12.1 Å². The number of phenolic OH excluding ortho intramolecular Hbond substituents is 2. The second-order valence-electron chi connectivity index (χ2n) is 4.92. The highest BCUT2D eigenvalue weighted by atomic mass is 16.3. The van der Waals surface area contributed by atoms with E-state index in [0.717, 1.165) is 5.56 Å². The number of benzene rings is 2. The van der Waals surface area contributed by atoms with Crippen molar-refractivity contribution in [3.8, 4) is 11.5 Å². The van der Waals surface area contributed by atoms with Crippen molar-refractivity contribution in [2.24, 2.45) is 0 Å². The Bertz CT molecular complexity index is 832. The number of fused-ring (bicyclic) bond motifs is 1. The minimum absolute atomic E-state index is 0.0478. The van der Waals surface area contributed by atoms with Gasteiger partial charge in [-0.3, -0.25) is 4.79 Å². The van der Waals surface area contributed by atoms with Crippen molar-refractivity contribution in [1.82, 2.24) is 0 Å². The molecule has 0 bridgehead atoms. The fourth-order valence-corrected chi connectivity index (χ4v) is 2.25. The van der Waals surface area contributed by atoms with Crippen molar-refractivity contribution in [2.75, 3.05) is 0 Å². The molecule has 3 aromatic rings. The molecule has 0 atom stereocenters. The highest BCUT2D eigenvalue weighted by Crippen LogP contribution is 2.19. The summed E-state index contributed by atoms with van der Waals surface area (Å²) in [7, 11) is 0. The van der Waals surface area contributed by atoms with E-state index in [1.54, 1.807) is 18.2 Å². The largest absolute Gasteiger partial charge is 0.508 e. The van der Waals surface area contributed by atoms with Gasteiger partial charge in [0.1, 0.15) is 22.8 Å². The SMILES string of the molecule is O=c1cc(CCc2ccc(O)cc2)oc2ccc(O)cc12. The van der Waals surface area contributed by atoms with Gasteiger partial charge >= 0.3 is 0 Å². The van der Waals surface area contributed by atoms with Crippen molar-refractivity contribution in [3.63, 3.8) is 0 Å². The van der Waals surface area contributed by atoms with Crippen LogP contribution < -0.4 is 5.43 Å². The summed E-state index contributed by atoms with van der Waals surface area (Å²) >= 11 is 0. The van der Waals surface area contributed by atoms with Gasteiger partial charge in [0, 0.05) is 12.5 Å². The van der Waals surface area contributed by atoms with E-state index in [2.05, 4.69) is 0 Å². The first kappa shape index (κ1) is 13.2. The maximum Gasteiger partial charge on any atom is 0.193 e. The van der Waals surface area contributed by atoms with Crippen LogP contribution in [0.25, 0.3) is 11.0 Å². The Hall–Kier alpha value is -2.75. The Morgan fingerprint density at radius 1 is 0.857 bits per heavy atom. The van der Waals surface area contributed by atoms with Crippen LogP contribution in [0, 0.1) is 0 Å². The van der Waals surface area contributed by atoms with Crippen LogP contribution in [0.2, 0.25) is 0 Å². The lowest BCUT2D eigenvalue weighted by Gasteiger charge is -2.04. The maximum absolute atomic E-state index is 12.0. The summed E-state index contributed by atoms with van der Waals surface area (Å²) in [6.07, 6.45) is 1.31. The molecular weight excluding hydrogens is 268 g/mol. The Morgan fingerprint density at radius 2 is 1.57 bits per heavy atom. The zero-order chi connectivity index (χ0) is 14.8. The van der Waals surface area contributed by atoms with E-state index in [0.29, 0.717) is 29.6 Å². The number of aryl methyl sites for hydroxylation is 2. The zero-order valence-electron chi connectivity index (χ0n) is 11.2. The van der Waals surface area contributed by atoms with Crippen LogP contribution >= 0.6 is 0 Å². The van der Waals surface area contributed by atoms with Gasteiger partial charge in [-0.2, -0.15) is 0 Å². The summed E-state index contributed by atoms with van der Waals surface area (Å²) in [6, 6.07) is 12.9. The van der Waals surface area contributed by atoms with E-state index >= 15 is 0 Å². The second kappa shape index (κ2) is 5.32. The van der Waals surface area contributed by atoms with Crippen molar-refractivity contribution in [2.45, 2.75) is 12.8 Å². The Morgan fingerprint density at radius 3 is 2.33 bits per heavy atom. The molecule has 2 aromatic carbocycles. The molecule has 0 aliphatic carbocycles. The van der Waals surface area contributed by atoms with E-state index in [9.17, 15) is 15.0 Å². The molecule has 0 unspecified atom stereocenters. The summed E-state index contributed by atoms with van der Waals surface area (Å²) in [5, 5.41) is 19.0. The molecule has 0 aliphatic heterocycles. The van der Waals surface area contributed by atoms with E-state index < -0.39 is 0 Å². The van der Waals surface area contributed by atoms with Gasteiger partial charge in [-0.15, -0.1) is 0 Å². The summed E-state index contributed by atoms with van der Waals surface area (Å²) in [5.41, 5.74) is 1.37. The minimum Gasteiger partial charge on any atom is -0.508 e. The summed E-state index contributed by atoms with van der Waals surface area (Å²) in [4.78, 5) is 12.0. The van der Waals surface area contributed by atoms with E-state index in [-0.39, 0.29) is 16.9 Å². The van der Waals surface area contributed by atoms with Crippen LogP contribution in [0.4, 0.5) is 0 Å². The third kappa shape index (κ3) is 2.89. The van der Waals surface area contributed by atoms with Crippen LogP contribution in [0.3, 0.4) is 0 Å². The fourth-order valence-electron chi connectivity index (χ4n) is 2.25. The molecule has 106 valence electrons. The van der Waals surface area contributed by atoms with E-state index in [4.69, 9.17) is 4.42 Å². The molecule has 0 saturated carbocycles. The third-order valence-electron chi connectivity index (χ3n) is 3.36. The lowest BCUT2D eigenvalue weighted by atomic mass is 10.1. The quantitative estimate of drug-likeness (QED) is 0.774. The van der Waals surface area contributed by atoms with Crippen LogP contribution in [0.15, 0.2) is 57.7 Å². The van der Waals surface area contributed by atoms with Crippen molar-refractivity contribution in [3.05, 3.63) is 70.1 Å². The number of rotatable bonds is 3. The molecule has 21 heavy (non-hydrogen) atoms. The number of aromatic hydroxyl groups is 2. The highest BCUT2D eigenvalue weighted by molar-refractivity contribution is 5.77. The van der Waals surface area contributed by atoms with Crippen LogP contribution in [0.5, 0.6) is 11.5 Å². The standard InChI is InChI=1S/C17H14O4/c18-12-4-1-11(2-5-12)3-7-14-10-16(20)15-9-13(19)6-8-17(15)21-14/h1-2,4-6,8-10,18-19H,3,7H2. The molecule has 0 aliphatic rings. The highest BCUT2D eigenvalue weighted by Gasteiger charge is 2.06. The average molecular weight is 282 g/mol. The molecule has 0 amide bonds. The third-order valence-corrected chi connectivity index (χ3v) is 3.36. The molecule has 4 heteroatoms. The van der Waals surface area contributed by atoms with E-state index in [1.807, 2.05) is 12.1 Å². The number of hydrogen-bond donors (Lipinski definition) is 2. The van der Waals surface area contributed by atoms with Gasteiger partial charge in [-0.25, -0.2) is 0 Å². The van der Waals surface area contributed by atoms with Crippen LogP contribution in [-0.2, 0) is 12.8 Å². The maximum atomic E-state index is 12.0. The molecule has 3 rings (SSSR count). The molecule has 1 aromatic heterocycles. The first-order chi connectivity index (χ1) is 10.1. The average Bonchev–Trinajstić information content (AvgIpc) is 2.47. The molecular formula is C17H14O4. The topological polar surface area (TPSA) is 70.7 Å². The summed E-state index contributed by atoms with van der Waals surface area (Å²) in [5.74, 6) is 0.883. The van der Waals surface area contributed by atoms with Crippen LogP contribution in [0.1, 0.15) is 11.3 Å². The van der Waals surface area contributed by atoms with Gasteiger partial charge in [0.2, 0.25) is 0 Å². The van der Waals surface area contributed by atoms with Crippen molar-refractivity contribution >= 4 is 11.0 Å². The van der Waals surface area contributed by atoms with E-state index in [1.165, 1.54) is 18.2 Å². The van der Waals surface area contributed by atoms with Crippen molar-refractivity contribution < 1.29 is 14.6 Å². The van der Waals surface area contributed by atoms with Crippen LogP contribution in [-0.4, -0.2) is 10.2 Å². The predicted molar refractivity (Wildman–Crippen MR) is 79.7 cm³/mol. The molecule has 1 heterocycles. The van der Waals surface area contributed by atoms with Gasteiger partial charge in [0.25, 0.3) is 0 Å².